The molecule has 0 radical (unpaired) electrons. The van der Waals surface area contributed by atoms with Crippen LogP contribution < -0.4 is 5.32 Å². The molecule has 0 saturated carbocycles. The molecule has 0 bridgehead atoms. The number of rotatable bonds is 7. The van der Waals surface area contributed by atoms with Gasteiger partial charge in [-0.15, -0.1) is 0 Å². The molecule has 2 rings (SSSR count). The minimum atomic E-state index is -0.643. The van der Waals surface area contributed by atoms with E-state index in [9.17, 15) is 14.0 Å². The van der Waals surface area contributed by atoms with E-state index in [4.69, 9.17) is 11.6 Å². The maximum Gasteiger partial charge on any atom is 0.242 e. The standard InChI is InChI=1S/C21H24ClFN2O2/c1-14(2)24-21(27)15(3)25(13-17-4-8-18(22)9-5-17)20(26)12-16-6-10-19(23)11-7-16/h4-11,14-15H,12-13H2,1-3H3,(H,24,27)/t15-/m0/s1. The lowest BCUT2D eigenvalue weighted by Gasteiger charge is -2.29. The van der Waals surface area contributed by atoms with Crippen LogP contribution in [-0.4, -0.2) is 28.8 Å². The van der Waals surface area contributed by atoms with Crippen LogP contribution in [0.4, 0.5) is 4.39 Å². The molecule has 1 atom stereocenters. The summed E-state index contributed by atoms with van der Waals surface area (Å²) >= 11 is 5.93. The molecule has 144 valence electrons. The van der Waals surface area contributed by atoms with Gasteiger partial charge in [0.1, 0.15) is 11.9 Å². The zero-order chi connectivity index (χ0) is 20.0. The Kier molecular flexibility index (Phi) is 7.36. The van der Waals surface area contributed by atoms with E-state index in [0.717, 1.165) is 5.56 Å². The van der Waals surface area contributed by atoms with E-state index in [1.54, 1.807) is 31.2 Å². The first kappa shape index (κ1) is 20.9. The Morgan fingerprint density at radius 2 is 1.56 bits per heavy atom. The summed E-state index contributed by atoms with van der Waals surface area (Å²) < 4.78 is 13.1. The Morgan fingerprint density at radius 3 is 2.11 bits per heavy atom. The molecule has 0 spiro atoms. The molecule has 0 fully saturated rings. The number of benzene rings is 2. The number of nitrogens with zero attached hydrogens (tertiary/aromatic N) is 1. The molecule has 0 aliphatic carbocycles. The number of hydrogen-bond acceptors (Lipinski definition) is 2. The van der Waals surface area contributed by atoms with Crippen LogP contribution in [0.2, 0.25) is 5.02 Å². The van der Waals surface area contributed by atoms with Gasteiger partial charge in [-0.3, -0.25) is 9.59 Å². The third-order valence-corrected chi connectivity index (χ3v) is 4.38. The average Bonchev–Trinajstić information content (AvgIpc) is 2.62. The highest BCUT2D eigenvalue weighted by Gasteiger charge is 2.26. The predicted molar refractivity (Wildman–Crippen MR) is 105 cm³/mol. The zero-order valence-electron chi connectivity index (χ0n) is 15.7. The fourth-order valence-corrected chi connectivity index (χ4v) is 2.78. The Hall–Kier alpha value is -2.40. The van der Waals surface area contributed by atoms with Crippen LogP contribution in [-0.2, 0) is 22.6 Å². The summed E-state index contributed by atoms with van der Waals surface area (Å²) in [5.41, 5.74) is 1.56. The van der Waals surface area contributed by atoms with Crippen molar-refractivity contribution in [2.75, 3.05) is 0 Å². The molecule has 6 heteroatoms. The summed E-state index contributed by atoms with van der Waals surface area (Å²) in [6.07, 6.45) is 0.0904. The fraction of sp³-hybridized carbons (Fsp3) is 0.333. The SMILES string of the molecule is CC(C)NC(=O)[C@H](C)N(Cc1ccc(Cl)cc1)C(=O)Cc1ccc(F)cc1. The van der Waals surface area contributed by atoms with Crippen molar-refractivity contribution < 1.29 is 14.0 Å². The second kappa shape index (κ2) is 9.51. The first-order valence-corrected chi connectivity index (χ1v) is 9.23. The molecule has 2 amide bonds. The zero-order valence-corrected chi connectivity index (χ0v) is 16.5. The topological polar surface area (TPSA) is 49.4 Å². The van der Waals surface area contributed by atoms with E-state index in [1.807, 2.05) is 26.0 Å². The van der Waals surface area contributed by atoms with Gasteiger partial charge in [-0.1, -0.05) is 35.9 Å². The molecular formula is C21H24ClFN2O2. The molecule has 0 unspecified atom stereocenters. The minimum Gasteiger partial charge on any atom is -0.352 e. The molecule has 0 heterocycles. The van der Waals surface area contributed by atoms with E-state index < -0.39 is 6.04 Å². The molecule has 0 saturated heterocycles. The summed E-state index contributed by atoms with van der Waals surface area (Å²) in [4.78, 5) is 26.9. The summed E-state index contributed by atoms with van der Waals surface area (Å²) in [6, 6.07) is 12.3. The highest BCUT2D eigenvalue weighted by atomic mass is 35.5. The lowest BCUT2D eigenvalue weighted by molar-refractivity contribution is -0.140. The van der Waals surface area contributed by atoms with Crippen molar-refractivity contribution in [2.45, 2.75) is 45.8 Å². The maximum atomic E-state index is 13.1. The molecule has 0 aromatic heterocycles. The van der Waals surface area contributed by atoms with Gasteiger partial charge >= 0.3 is 0 Å². The van der Waals surface area contributed by atoms with E-state index in [1.165, 1.54) is 17.0 Å². The van der Waals surface area contributed by atoms with E-state index in [-0.39, 0.29) is 36.6 Å². The number of carbonyl (C=O) groups excluding carboxylic acids is 2. The van der Waals surface area contributed by atoms with Gasteiger partial charge in [0.15, 0.2) is 0 Å². The predicted octanol–water partition coefficient (Wildman–Crippen LogP) is 3.96. The minimum absolute atomic E-state index is 0.0236. The quantitative estimate of drug-likeness (QED) is 0.777. The van der Waals surface area contributed by atoms with Crippen molar-refractivity contribution in [3.63, 3.8) is 0 Å². The van der Waals surface area contributed by atoms with Crippen molar-refractivity contribution in [3.05, 3.63) is 70.5 Å². The van der Waals surface area contributed by atoms with Gasteiger partial charge in [0, 0.05) is 17.6 Å². The van der Waals surface area contributed by atoms with Crippen molar-refractivity contribution >= 4 is 23.4 Å². The first-order valence-electron chi connectivity index (χ1n) is 8.85. The lowest BCUT2D eigenvalue weighted by Crippen LogP contribution is -2.49. The normalized spacial score (nSPS) is 11.9. The maximum absolute atomic E-state index is 13.1. The molecule has 1 N–H and O–H groups in total. The van der Waals surface area contributed by atoms with Crippen molar-refractivity contribution in [1.82, 2.24) is 10.2 Å². The van der Waals surface area contributed by atoms with E-state index in [0.29, 0.717) is 10.6 Å². The Balaban J connectivity index is 2.21. The van der Waals surface area contributed by atoms with Crippen LogP contribution in [0.3, 0.4) is 0 Å². The van der Waals surface area contributed by atoms with Crippen LogP contribution in [0, 0.1) is 5.82 Å². The summed E-state index contributed by atoms with van der Waals surface area (Å²) in [7, 11) is 0. The molecule has 0 aliphatic rings. The van der Waals surface area contributed by atoms with Gasteiger partial charge in [0.25, 0.3) is 0 Å². The second-order valence-corrected chi connectivity index (χ2v) is 7.23. The van der Waals surface area contributed by atoms with Crippen LogP contribution in [0.5, 0.6) is 0 Å². The third-order valence-electron chi connectivity index (χ3n) is 4.13. The number of halogens is 2. The number of carbonyl (C=O) groups is 2. The summed E-state index contributed by atoms with van der Waals surface area (Å²) in [6.45, 7) is 5.73. The highest BCUT2D eigenvalue weighted by Crippen LogP contribution is 2.15. The van der Waals surface area contributed by atoms with Crippen molar-refractivity contribution in [1.29, 1.82) is 0 Å². The van der Waals surface area contributed by atoms with Gasteiger partial charge in [-0.05, 0) is 56.2 Å². The second-order valence-electron chi connectivity index (χ2n) is 6.79. The van der Waals surface area contributed by atoms with Gasteiger partial charge in [-0.2, -0.15) is 0 Å². The molecule has 27 heavy (non-hydrogen) atoms. The van der Waals surface area contributed by atoms with Gasteiger partial charge in [0.2, 0.25) is 11.8 Å². The highest BCUT2D eigenvalue weighted by molar-refractivity contribution is 6.30. The lowest BCUT2D eigenvalue weighted by atomic mass is 10.1. The van der Waals surface area contributed by atoms with E-state index in [2.05, 4.69) is 5.32 Å². The third kappa shape index (κ3) is 6.36. The van der Waals surface area contributed by atoms with Crippen LogP contribution in [0.1, 0.15) is 31.9 Å². The monoisotopic (exact) mass is 390 g/mol. The van der Waals surface area contributed by atoms with Crippen LogP contribution >= 0.6 is 11.6 Å². The largest absolute Gasteiger partial charge is 0.352 e. The van der Waals surface area contributed by atoms with Gasteiger partial charge in [0.05, 0.1) is 6.42 Å². The number of hydrogen-bond donors (Lipinski definition) is 1. The average molecular weight is 391 g/mol. The van der Waals surface area contributed by atoms with Crippen LogP contribution in [0.25, 0.3) is 0 Å². The van der Waals surface area contributed by atoms with Gasteiger partial charge < -0.3 is 10.2 Å². The van der Waals surface area contributed by atoms with Gasteiger partial charge in [-0.25, -0.2) is 4.39 Å². The Morgan fingerprint density at radius 1 is 1.00 bits per heavy atom. The molecule has 2 aromatic rings. The Labute approximate surface area is 164 Å². The fourth-order valence-electron chi connectivity index (χ4n) is 2.65. The number of nitrogens with one attached hydrogen (secondary N) is 1. The van der Waals surface area contributed by atoms with Crippen molar-refractivity contribution in [3.8, 4) is 0 Å². The first-order chi connectivity index (χ1) is 12.8. The molecular weight excluding hydrogens is 367 g/mol. The molecule has 4 nitrogen and oxygen atoms in total. The van der Waals surface area contributed by atoms with Crippen molar-refractivity contribution in [2.24, 2.45) is 0 Å². The molecule has 0 aliphatic heterocycles. The Bertz CT molecular complexity index is 776. The number of amides is 2. The van der Waals surface area contributed by atoms with Crippen LogP contribution in [0.15, 0.2) is 48.5 Å². The summed E-state index contributed by atoms with van der Waals surface area (Å²) in [5, 5.41) is 3.45. The summed E-state index contributed by atoms with van der Waals surface area (Å²) in [5.74, 6) is -0.775. The van der Waals surface area contributed by atoms with E-state index >= 15 is 0 Å². The smallest absolute Gasteiger partial charge is 0.242 e. The molecule has 2 aromatic carbocycles.